The van der Waals surface area contributed by atoms with E-state index in [4.69, 9.17) is 46.4 Å². The Hall–Kier alpha value is -1.57. The van der Waals surface area contributed by atoms with Gasteiger partial charge in [-0.2, -0.15) is 0 Å². The Morgan fingerprint density at radius 3 is 0.450 bits per heavy atom. The number of alkyl halides is 4. The Morgan fingerprint density at radius 1 is 0.283 bits per heavy atom. The summed E-state index contributed by atoms with van der Waals surface area (Å²) >= 11 is 19.1. The van der Waals surface area contributed by atoms with Crippen molar-refractivity contribution < 1.29 is 123 Å². The van der Waals surface area contributed by atoms with Crippen molar-refractivity contribution >= 4 is 46.4 Å². The molecule has 6 aromatic heterocycles. The molecule has 0 spiro atoms. The molecule has 6 aromatic rings. The van der Waals surface area contributed by atoms with Gasteiger partial charge in [-0.1, -0.05) is 76.0 Å². The fourth-order valence-corrected chi connectivity index (χ4v) is 2.90. The minimum atomic E-state index is -0.221. The normalized spacial score (nSPS) is 7.90. The first-order valence-electron chi connectivity index (χ1n) is 15.5. The van der Waals surface area contributed by atoms with Crippen LogP contribution in [0.1, 0.15) is 34.2 Å². The monoisotopic (exact) mass is 1120 g/mol. The first-order valence-corrected chi connectivity index (χ1v) is 17.7. The summed E-state index contributed by atoms with van der Waals surface area (Å²) in [4.78, 5) is 22.7. The number of pyridine rings is 6. The summed E-state index contributed by atoms with van der Waals surface area (Å²) in [5, 5.41) is 60.8. The number of nitrogens with zero attached hydrogens (tertiary/aromatic N) is 6. The van der Waals surface area contributed by atoms with Crippen molar-refractivity contribution in [2.24, 2.45) is 0 Å². The summed E-state index contributed by atoms with van der Waals surface area (Å²) in [5.41, 5.74) is 3.63. The molecule has 0 aliphatic carbocycles. The molecule has 0 aliphatic rings. The third-order valence-electron chi connectivity index (χ3n) is 5.24. The third-order valence-corrected chi connectivity index (χ3v) is 5.24. The molecule has 12 nitrogen and oxygen atoms in total. The summed E-state index contributed by atoms with van der Waals surface area (Å²) in [7, 11) is 0. The summed E-state index contributed by atoms with van der Waals surface area (Å²) < 4.78 is 0. The van der Waals surface area contributed by atoms with Gasteiger partial charge in [0.25, 0.3) is 0 Å². The molecule has 6 heterocycles. The van der Waals surface area contributed by atoms with Crippen LogP contribution in [0.2, 0.25) is 0 Å². The van der Waals surface area contributed by atoms with Crippen LogP contribution < -0.4 is 55.5 Å². The Balaban J connectivity index is -0.0000000861. The summed E-state index contributed by atoms with van der Waals surface area (Å²) in [6.07, 6.45) is 9.71. The zero-order valence-corrected chi connectivity index (χ0v) is 39.9. The molecule has 0 saturated heterocycles. The zero-order valence-electron chi connectivity index (χ0n) is 31.2. The van der Waals surface area contributed by atoms with Crippen molar-refractivity contribution in [1.29, 1.82) is 0 Å². The third kappa shape index (κ3) is 50.8. The predicted octanol–water partition coefficient (Wildman–Crippen LogP) is -3.51. The van der Waals surface area contributed by atoms with Crippen LogP contribution >= 0.6 is 46.4 Å². The van der Waals surface area contributed by atoms with Gasteiger partial charge >= 0.3 is 67.1 Å². The van der Waals surface area contributed by atoms with Gasteiger partial charge in [-0.3, -0.25) is 29.9 Å². The minimum Gasteiger partial charge on any atom is -1.00 e. The fourth-order valence-electron chi connectivity index (χ4n) is 2.90. The second kappa shape index (κ2) is 61.7. The first kappa shape index (κ1) is 75.8. The van der Waals surface area contributed by atoms with Gasteiger partial charge in [0.15, 0.2) is 0 Å². The largest absolute Gasteiger partial charge is 2.00 e. The summed E-state index contributed by atoms with van der Waals surface area (Å²) in [6, 6.07) is 31.9. The Bertz CT molecular complexity index is 1290. The second-order valence-corrected chi connectivity index (χ2v) is 10.6. The van der Waals surface area contributed by atoms with Crippen molar-refractivity contribution in [2.75, 3.05) is 10.7 Å². The van der Waals surface area contributed by atoms with Crippen LogP contribution in [0.5, 0.6) is 0 Å². The number of halogens is 6. The molecule has 4 radical (unpaired) electrons. The van der Waals surface area contributed by atoms with E-state index in [-0.39, 0.29) is 142 Å². The molecule has 0 fully saturated rings. The molecule has 0 saturated carbocycles. The van der Waals surface area contributed by atoms with Gasteiger partial charge in [-0.15, -0.1) is 46.4 Å². The Morgan fingerprint density at radius 2 is 0.400 bits per heavy atom. The second-order valence-electron chi connectivity index (χ2n) is 8.99. The van der Waals surface area contributed by atoms with E-state index in [0.29, 0.717) is 34.2 Å². The van der Waals surface area contributed by atoms with E-state index >= 15 is 0 Å². The van der Waals surface area contributed by atoms with Crippen molar-refractivity contribution in [2.45, 2.75) is 39.6 Å². The first-order chi connectivity index (χ1) is 26.4. The number of hydrogen-bond acceptors (Lipinski definition) is 12. The molecule has 6 rings (SSSR count). The van der Waals surface area contributed by atoms with Crippen LogP contribution in [-0.4, -0.2) is 40.6 Å². The molecular formula is C38H40Cl6Co4N6O6. The Labute approximate surface area is 426 Å². The molecule has 0 atom stereocenters. The van der Waals surface area contributed by atoms with Gasteiger partial charge in [0.1, 0.15) is 0 Å². The van der Waals surface area contributed by atoms with Gasteiger partial charge in [-0.05, 0) is 72.8 Å². The van der Waals surface area contributed by atoms with Crippen molar-refractivity contribution in [1.82, 2.24) is 29.9 Å². The number of hydrogen-bond donors (Lipinski definition) is 0. The average Bonchev–Trinajstić information content (AvgIpc) is 3.27. The van der Waals surface area contributed by atoms with E-state index in [1.54, 1.807) is 146 Å². The maximum Gasteiger partial charge on any atom is 2.00 e. The molecule has 0 bridgehead atoms. The molecule has 60 heavy (non-hydrogen) atoms. The van der Waals surface area contributed by atoms with Crippen molar-refractivity contribution in [3.8, 4) is 0 Å². The fraction of sp³-hybridized carbons (Fsp3) is 0.211. The Kier molecular flexibility index (Phi) is 78.0. The average molecular weight is 1130 g/mol. The van der Waals surface area contributed by atoms with E-state index < -0.39 is 0 Å². The van der Waals surface area contributed by atoms with E-state index in [1.165, 1.54) is 0 Å². The molecule has 0 aliphatic heterocycles. The molecule has 0 N–H and O–H groups in total. The molecule has 336 valence electrons. The van der Waals surface area contributed by atoms with Gasteiger partial charge in [0.05, 0.1) is 10.7 Å². The quantitative estimate of drug-likeness (QED) is 0.149. The zero-order chi connectivity index (χ0) is 40.3. The standard InChI is InChI=1S/6C6H6NO.2CH2Cl2.2ClH.4Co/c6*8-5-6-3-1-2-4-7-6;2*2-1-3;;;;;;/h6*1-4H,5H2;2*1H2;2*1H;;;;/q6*-1;;;;;4*+2/p-2. The van der Waals surface area contributed by atoms with Gasteiger partial charge in [0, 0.05) is 71.3 Å². The maximum atomic E-state index is 10.1. The van der Waals surface area contributed by atoms with Crippen LogP contribution in [0.4, 0.5) is 0 Å². The van der Waals surface area contributed by atoms with E-state index in [2.05, 4.69) is 29.9 Å². The molecule has 22 heteroatoms. The van der Waals surface area contributed by atoms with Crippen LogP contribution in [0, 0.1) is 0 Å². The van der Waals surface area contributed by atoms with Crippen LogP contribution in [0.15, 0.2) is 146 Å². The maximum absolute atomic E-state index is 10.1. The molecule has 0 aromatic carbocycles. The topological polar surface area (TPSA) is 216 Å². The van der Waals surface area contributed by atoms with Crippen LogP contribution in [0.25, 0.3) is 0 Å². The van der Waals surface area contributed by atoms with Crippen LogP contribution in [0.3, 0.4) is 0 Å². The molecule has 0 unspecified atom stereocenters. The van der Waals surface area contributed by atoms with Gasteiger partial charge in [-0.25, -0.2) is 0 Å². The van der Waals surface area contributed by atoms with E-state index in [0.717, 1.165) is 0 Å². The molecular weight excluding hydrogens is 1080 g/mol. The summed E-state index contributed by atoms with van der Waals surface area (Å²) in [6.45, 7) is -1.33. The van der Waals surface area contributed by atoms with Crippen molar-refractivity contribution in [3.63, 3.8) is 0 Å². The van der Waals surface area contributed by atoms with Crippen LogP contribution in [-0.2, 0) is 107 Å². The van der Waals surface area contributed by atoms with Gasteiger partial charge in [0.2, 0.25) is 0 Å². The predicted molar refractivity (Wildman–Crippen MR) is 201 cm³/mol. The van der Waals surface area contributed by atoms with Gasteiger partial charge < -0.3 is 55.5 Å². The SMILES string of the molecule is ClCCl.ClCCl.[Cl-].[Cl-].[Co+2].[Co+2].[Co+2].[Co+2].[O-]Cc1ccccn1.[O-]Cc1ccccn1.[O-]Cc1ccccn1.[O-]Cc1ccccn1.[O-]Cc1ccccn1.[O-]Cc1ccccn1. The number of aromatic nitrogens is 6. The minimum absolute atomic E-state index is 0. The summed E-state index contributed by atoms with van der Waals surface area (Å²) in [5.74, 6) is 0. The van der Waals surface area contributed by atoms with E-state index in [9.17, 15) is 30.6 Å². The number of rotatable bonds is 6. The van der Waals surface area contributed by atoms with E-state index in [1.807, 2.05) is 0 Å². The smallest absolute Gasteiger partial charge is 1.00 e. The van der Waals surface area contributed by atoms with Crippen molar-refractivity contribution in [3.05, 3.63) is 181 Å². The molecule has 0 amide bonds.